The average Bonchev–Trinajstić information content (AvgIpc) is 2.95. The van der Waals surface area contributed by atoms with Gasteiger partial charge in [-0.2, -0.15) is 0 Å². The fourth-order valence-electron chi connectivity index (χ4n) is 2.62. The Morgan fingerprint density at radius 2 is 2.00 bits per heavy atom. The summed E-state index contributed by atoms with van der Waals surface area (Å²) in [4.78, 5) is 4.51. The number of benzene rings is 2. The summed E-state index contributed by atoms with van der Waals surface area (Å²) in [6.07, 6.45) is 6.50. The highest BCUT2D eigenvalue weighted by Gasteiger charge is 2.08. The second-order valence-corrected chi connectivity index (χ2v) is 5.47. The van der Waals surface area contributed by atoms with E-state index >= 15 is 0 Å². The molecule has 0 radical (unpaired) electrons. The molecule has 0 bridgehead atoms. The molecule has 0 saturated carbocycles. The smallest absolute Gasteiger partial charge is 0.125 e. The summed E-state index contributed by atoms with van der Waals surface area (Å²) in [5, 5.41) is 0.984. The molecule has 0 fully saturated rings. The standard InChI is InChI=1S/C20H19FN2O/c1-3-4-11-23-14-15(19-10-5-16(21)12-20(19)23)13-22-17-6-8-18(24-2)9-7-17/h3,5-10,12-14H,1,4,11H2,2H3. The van der Waals surface area contributed by atoms with Crippen LogP contribution in [0.5, 0.6) is 5.75 Å². The van der Waals surface area contributed by atoms with Crippen LogP contribution < -0.4 is 4.74 Å². The predicted molar refractivity (Wildman–Crippen MR) is 97.0 cm³/mol. The highest BCUT2D eigenvalue weighted by Crippen LogP contribution is 2.23. The third kappa shape index (κ3) is 3.38. The number of aliphatic imine (C=N–C) groups is 1. The van der Waals surface area contributed by atoms with Gasteiger partial charge in [0.25, 0.3) is 0 Å². The highest BCUT2D eigenvalue weighted by molar-refractivity contribution is 6.00. The highest BCUT2D eigenvalue weighted by atomic mass is 19.1. The lowest BCUT2D eigenvalue weighted by atomic mass is 10.2. The molecule has 0 aliphatic carbocycles. The summed E-state index contributed by atoms with van der Waals surface area (Å²) in [6, 6.07) is 12.4. The Labute approximate surface area is 140 Å². The SMILES string of the molecule is C=CCCn1cc(C=Nc2ccc(OC)cc2)c2ccc(F)cc21. The van der Waals surface area contributed by atoms with Gasteiger partial charge in [0.2, 0.25) is 0 Å². The number of allylic oxidation sites excluding steroid dienone is 1. The van der Waals surface area contributed by atoms with Gasteiger partial charge in [0.05, 0.1) is 18.3 Å². The molecule has 0 aliphatic heterocycles. The molecule has 0 amide bonds. The molecule has 24 heavy (non-hydrogen) atoms. The second-order valence-electron chi connectivity index (χ2n) is 5.47. The third-order valence-electron chi connectivity index (χ3n) is 3.87. The summed E-state index contributed by atoms with van der Waals surface area (Å²) in [5.74, 6) is 0.560. The van der Waals surface area contributed by atoms with Crippen molar-refractivity contribution in [3.05, 3.63) is 72.7 Å². The molecule has 3 rings (SSSR count). The third-order valence-corrected chi connectivity index (χ3v) is 3.87. The molecule has 1 aromatic heterocycles. The van der Waals surface area contributed by atoms with Crippen molar-refractivity contribution in [1.29, 1.82) is 0 Å². The lowest BCUT2D eigenvalue weighted by Crippen LogP contribution is -1.94. The van der Waals surface area contributed by atoms with Gasteiger partial charge in [0.1, 0.15) is 11.6 Å². The predicted octanol–water partition coefficient (Wildman–Crippen LogP) is 5.12. The Kier molecular flexibility index (Phi) is 4.75. The topological polar surface area (TPSA) is 26.5 Å². The van der Waals surface area contributed by atoms with Crippen LogP contribution in [0.3, 0.4) is 0 Å². The van der Waals surface area contributed by atoms with E-state index in [9.17, 15) is 4.39 Å². The minimum atomic E-state index is -0.237. The number of methoxy groups -OCH3 is 1. The van der Waals surface area contributed by atoms with Gasteiger partial charge in [-0.05, 0) is 48.9 Å². The molecule has 0 saturated heterocycles. The van der Waals surface area contributed by atoms with Crippen LogP contribution in [-0.4, -0.2) is 17.9 Å². The number of hydrogen-bond acceptors (Lipinski definition) is 2. The molecule has 2 aromatic carbocycles. The van der Waals surface area contributed by atoms with Crippen LogP contribution in [0.25, 0.3) is 10.9 Å². The van der Waals surface area contributed by atoms with Gasteiger partial charge < -0.3 is 9.30 Å². The zero-order valence-electron chi connectivity index (χ0n) is 13.6. The van der Waals surface area contributed by atoms with Crippen LogP contribution in [0, 0.1) is 5.82 Å². The number of aryl methyl sites for hydroxylation is 1. The van der Waals surface area contributed by atoms with Crippen LogP contribution in [0.1, 0.15) is 12.0 Å². The Morgan fingerprint density at radius 3 is 2.71 bits per heavy atom. The van der Waals surface area contributed by atoms with Crippen LogP contribution in [0.2, 0.25) is 0 Å². The summed E-state index contributed by atoms with van der Waals surface area (Å²) >= 11 is 0. The fraction of sp³-hybridized carbons (Fsp3) is 0.150. The maximum atomic E-state index is 13.6. The lowest BCUT2D eigenvalue weighted by molar-refractivity contribution is 0.415. The first-order chi connectivity index (χ1) is 11.7. The quantitative estimate of drug-likeness (QED) is 0.457. The fourth-order valence-corrected chi connectivity index (χ4v) is 2.62. The first-order valence-corrected chi connectivity index (χ1v) is 7.78. The van der Waals surface area contributed by atoms with E-state index in [1.165, 1.54) is 6.07 Å². The maximum absolute atomic E-state index is 13.6. The minimum absolute atomic E-state index is 0.237. The van der Waals surface area contributed by atoms with Crippen molar-refractivity contribution in [2.24, 2.45) is 4.99 Å². The Morgan fingerprint density at radius 1 is 1.21 bits per heavy atom. The number of hydrogen-bond donors (Lipinski definition) is 0. The summed E-state index contributed by atoms with van der Waals surface area (Å²) in [7, 11) is 1.63. The molecule has 3 nitrogen and oxygen atoms in total. The number of fused-ring (bicyclic) bond motifs is 1. The van der Waals surface area contributed by atoms with Crippen LogP contribution in [-0.2, 0) is 6.54 Å². The minimum Gasteiger partial charge on any atom is -0.497 e. The number of halogens is 1. The van der Waals surface area contributed by atoms with Crippen LogP contribution in [0.15, 0.2) is 66.3 Å². The molecule has 0 aliphatic rings. The zero-order chi connectivity index (χ0) is 16.9. The van der Waals surface area contributed by atoms with Crippen molar-refractivity contribution in [3.63, 3.8) is 0 Å². The van der Waals surface area contributed by atoms with E-state index in [1.807, 2.05) is 47.3 Å². The van der Waals surface area contributed by atoms with Crippen molar-refractivity contribution in [3.8, 4) is 5.75 Å². The van der Waals surface area contributed by atoms with E-state index in [2.05, 4.69) is 11.6 Å². The number of nitrogens with zero attached hydrogens (tertiary/aromatic N) is 2. The average molecular weight is 322 g/mol. The van der Waals surface area contributed by atoms with Crippen molar-refractivity contribution >= 4 is 22.8 Å². The molecule has 0 spiro atoms. The number of ether oxygens (including phenoxy) is 1. The Hall–Kier alpha value is -2.88. The van der Waals surface area contributed by atoms with Gasteiger partial charge in [-0.3, -0.25) is 4.99 Å². The van der Waals surface area contributed by atoms with E-state index in [1.54, 1.807) is 19.2 Å². The number of aromatic nitrogens is 1. The second kappa shape index (κ2) is 7.13. The van der Waals surface area contributed by atoms with Crippen molar-refractivity contribution < 1.29 is 9.13 Å². The molecular formula is C20H19FN2O. The lowest BCUT2D eigenvalue weighted by Gasteiger charge is -2.02. The first-order valence-electron chi connectivity index (χ1n) is 7.78. The van der Waals surface area contributed by atoms with E-state index in [4.69, 9.17) is 4.74 Å². The van der Waals surface area contributed by atoms with E-state index < -0.39 is 0 Å². The van der Waals surface area contributed by atoms with Crippen molar-refractivity contribution in [2.75, 3.05) is 7.11 Å². The van der Waals surface area contributed by atoms with Crippen molar-refractivity contribution in [1.82, 2.24) is 4.57 Å². The Bertz CT molecular complexity index is 879. The van der Waals surface area contributed by atoms with Gasteiger partial charge in [0, 0.05) is 29.9 Å². The summed E-state index contributed by atoms with van der Waals surface area (Å²) in [6.45, 7) is 4.51. The molecular weight excluding hydrogens is 303 g/mol. The van der Waals surface area contributed by atoms with Gasteiger partial charge in [-0.15, -0.1) is 6.58 Å². The van der Waals surface area contributed by atoms with Gasteiger partial charge in [-0.25, -0.2) is 4.39 Å². The molecule has 1 heterocycles. The van der Waals surface area contributed by atoms with Crippen LogP contribution in [0.4, 0.5) is 10.1 Å². The maximum Gasteiger partial charge on any atom is 0.125 e. The monoisotopic (exact) mass is 322 g/mol. The van der Waals surface area contributed by atoms with Crippen LogP contribution >= 0.6 is 0 Å². The number of rotatable bonds is 6. The van der Waals surface area contributed by atoms with Gasteiger partial charge in [-0.1, -0.05) is 6.08 Å². The first kappa shape index (κ1) is 16.0. The molecule has 122 valence electrons. The molecule has 0 atom stereocenters. The Balaban J connectivity index is 1.95. The molecule has 0 unspecified atom stereocenters. The normalized spacial score (nSPS) is 11.2. The molecule has 0 N–H and O–H groups in total. The van der Waals surface area contributed by atoms with Gasteiger partial charge >= 0.3 is 0 Å². The van der Waals surface area contributed by atoms with E-state index in [0.29, 0.717) is 0 Å². The van der Waals surface area contributed by atoms with E-state index in [0.717, 1.165) is 40.9 Å². The molecule has 4 heteroatoms. The summed E-state index contributed by atoms with van der Waals surface area (Å²) < 4.78 is 20.8. The summed E-state index contributed by atoms with van der Waals surface area (Å²) in [5.41, 5.74) is 2.67. The molecule has 3 aromatic rings. The van der Waals surface area contributed by atoms with Gasteiger partial charge in [0.15, 0.2) is 0 Å². The largest absolute Gasteiger partial charge is 0.497 e. The van der Waals surface area contributed by atoms with Crippen molar-refractivity contribution in [2.45, 2.75) is 13.0 Å². The van der Waals surface area contributed by atoms with E-state index in [-0.39, 0.29) is 5.82 Å². The zero-order valence-corrected chi connectivity index (χ0v) is 13.6.